The predicted octanol–water partition coefficient (Wildman–Crippen LogP) is 1.33. The van der Waals surface area contributed by atoms with Crippen molar-refractivity contribution in [2.24, 2.45) is 0 Å². The van der Waals surface area contributed by atoms with Crippen LogP contribution in [0.1, 0.15) is 5.69 Å². The Labute approximate surface area is 163 Å². The average Bonchev–Trinajstić information content (AvgIpc) is 3.07. The van der Waals surface area contributed by atoms with Crippen LogP contribution in [0.3, 0.4) is 0 Å². The van der Waals surface area contributed by atoms with Gasteiger partial charge in [-0.1, -0.05) is 5.16 Å². The number of hydrogen-bond donors (Lipinski definition) is 2. The standard InChI is InChI=1S/C19H25N5O4/c1-14-11-19(28-22-14)21-18(26)13-23(2)12-17(25)20-15-3-5-16(6-4-15)24-7-9-27-10-8-24/h3-6,11H,7-10,12-13H2,1-2H3,(H,20,25)(H,21,26). The maximum Gasteiger partial charge on any atom is 0.240 e. The van der Waals surface area contributed by atoms with Crippen molar-refractivity contribution in [2.45, 2.75) is 6.92 Å². The van der Waals surface area contributed by atoms with Crippen molar-refractivity contribution < 1.29 is 18.8 Å². The number of carbonyl (C=O) groups is 2. The molecule has 0 spiro atoms. The van der Waals surface area contributed by atoms with Crippen LogP contribution in [0.15, 0.2) is 34.9 Å². The van der Waals surface area contributed by atoms with Crippen LogP contribution in [0.2, 0.25) is 0 Å². The number of anilines is 3. The number of morpholine rings is 1. The Morgan fingerprint density at radius 1 is 1.11 bits per heavy atom. The third-order valence-electron chi connectivity index (χ3n) is 4.24. The molecule has 1 aromatic heterocycles. The van der Waals surface area contributed by atoms with Gasteiger partial charge < -0.3 is 19.5 Å². The number of ether oxygens (including phenoxy) is 1. The fourth-order valence-electron chi connectivity index (χ4n) is 2.92. The zero-order valence-corrected chi connectivity index (χ0v) is 16.1. The Hall–Kier alpha value is -2.91. The van der Waals surface area contributed by atoms with Gasteiger partial charge in [0.15, 0.2) is 0 Å². The molecule has 2 aromatic rings. The maximum atomic E-state index is 12.2. The molecule has 1 fully saturated rings. The van der Waals surface area contributed by atoms with Crippen molar-refractivity contribution in [3.05, 3.63) is 36.0 Å². The number of nitrogens with zero attached hydrogens (tertiary/aromatic N) is 3. The molecule has 150 valence electrons. The lowest BCUT2D eigenvalue weighted by atomic mass is 10.2. The van der Waals surface area contributed by atoms with Crippen LogP contribution in [0.25, 0.3) is 0 Å². The van der Waals surface area contributed by atoms with Gasteiger partial charge in [0.25, 0.3) is 0 Å². The van der Waals surface area contributed by atoms with E-state index in [1.54, 1.807) is 24.9 Å². The van der Waals surface area contributed by atoms with Gasteiger partial charge in [-0.3, -0.25) is 19.8 Å². The van der Waals surface area contributed by atoms with Crippen LogP contribution in [-0.2, 0) is 14.3 Å². The summed E-state index contributed by atoms with van der Waals surface area (Å²) in [5, 5.41) is 9.15. The van der Waals surface area contributed by atoms with Crippen molar-refractivity contribution in [3.63, 3.8) is 0 Å². The second kappa shape index (κ2) is 9.34. The molecule has 0 aliphatic carbocycles. The van der Waals surface area contributed by atoms with E-state index in [1.807, 2.05) is 24.3 Å². The molecule has 2 heterocycles. The number of aryl methyl sites for hydroxylation is 1. The first-order valence-corrected chi connectivity index (χ1v) is 9.14. The summed E-state index contributed by atoms with van der Waals surface area (Å²) in [5.41, 5.74) is 2.51. The molecule has 9 nitrogen and oxygen atoms in total. The normalized spacial score (nSPS) is 14.2. The summed E-state index contributed by atoms with van der Waals surface area (Å²) in [5.74, 6) is -0.174. The van der Waals surface area contributed by atoms with E-state index in [4.69, 9.17) is 9.26 Å². The van der Waals surface area contributed by atoms with Gasteiger partial charge in [0.1, 0.15) is 0 Å². The molecule has 1 saturated heterocycles. The summed E-state index contributed by atoms with van der Waals surface area (Å²) < 4.78 is 10.3. The number of aromatic nitrogens is 1. The van der Waals surface area contributed by atoms with Crippen molar-refractivity contribution >= 4 is 29.1 Å². The number of carbonyl (C=O) groups excluding carboxylic acids is 2. The minimum Gasteiger partial charge on any atom is -0.378 e. The Bertz CT molecular complexity index is 799. The van der Waals surface area contributed by atoms with E-state index in [-0.39, 0.29) is 24.9 Å². The number of nitrogens with one attached hydrogen (secondary N) is 2. The van der Waals surface area contributed by atoms with Crippen molar-refractivity contribution in [3.8, 4) is 0 Å². The lowest BCUT2D eigenvalue weighted by molar-refractivity contribution is -0.119. The smallest absolute Gasteiger partial charge is 0.240 e. The van der Waals surface area contributed by atoms with Crippen LogP contribution >= 0.6 is 0 Å². The van der Waals surface area contributed by atoms with Gasteiger partial charge in [0.2, 0.25) is 17.7 Å². The molecule has 0 radical (unpaired) electrons. The Morgan fingerprint density at radius 3 is 2.36 bits per heavy atom. The van der Waals surface area contributed by atoms with Crippen LogP contribution in [0.4, 0.5) is 17.3 Å². The molecule has 2 amide bonds. The van der Waals surface area contributed by atoms with Gasteiger partial charge in [-0.25, -0.2) is 0 Å². The largest absolute Gasteiger partial charge is 0.378 e. The molecule has 1 aliphatic rings. The number of likely N-dealkylation sites (N-methyl/N-ethyl adjacent to an activating group) is 1. The number of benzene rings is 1. The minimum absolute atomic E-state index is 0.0587. The predicted molar refractivity (Wildman–Crippen MR) is 105 cm³/mol. The van der Waals surface area contributed by atoms with Crippen molar-refractivity contribution in [1.82, 2.24) is 10.1 Å². The van der Waals surface area contributed by atoms with E-state index in [1.165, 1.54) is 0 Å². The molecule has 3 rings (SSSR count). The molecular weight excluding hydrogens is 362 g/mol. The first-order valence-electron chi connectivity index (χ1n) is 9.14. The van der Waals surface area contributed by atoms with E-state index in [9.17, 15) is 9.59 Å². The summed E-state index contributed by atoms with van der Waals surface area (Å²) in [4.78, 5) is 28.1. The van der Waals surface area contributed by atoms with Crippen LogP contribution in [0, 0.1) is 6.92 Å². The maximum absolute atomic E-state index is 12.2. The quantitative estimate of drug-likeness (QED) is 0.739. The first kappa shape index (κ1) is 19.8. The third-order valence-corrected chi connectivity index (χ3v) is 4.24. The minimum atomic E-state index is -0.277. The van der Waals surface area contributed by atoms with Gasteiger partial charge in [-0.2, -0.15) is 0 Å². The molecule has 9 heteroatoms. The molecule has 0 unspecified atom stereocenters. The summed E-state index contributed by atoms with van der Waals surface area (Å²) in [6.45, 7) is 5.11. The van der Waals surface area contributed by atoms with Crippen LogP contribution in [0.5, 0.6) is 0 Å². The third kappa shape index (κ3) is 5.80. The monoisotopic (exact) mass is 387 g/mol. The topological polar surface area (TPSA) is 99.9 Å². The lowest BCUT2D eigenvalue weighted by Gasteiger charge is -2.28. The summed E-state index contributed by atoms with van der Waals surface area (Å²) in [6.07, 6.45) is 0. The molecule has 28 heavy (non-hydrogen) atoms. The van der Waals surface area contributed by atoms with E-state index >= 15 is 0 Å². The number of rotatable bonds is 7. The van der Waals surface area contributed by atoms with Crippen molar-refractivity contribution in [2.75, 3.05) is 62.0 Å². The zero-order valence-electron chi connectivity index (χ0n) is 16.1. The molecule has 1 aromatic carbocycles. The zero-order chi connectivity index (χ0) is 19.9. The van der Waals surface area contributed by atoms with E-state index in [0.29, 0.717) is 11.6 Å². The second-order valence-electron chi connectivity index (χ2n) is 6.75. The number of hydrogen-bond acceptors (Lipinski definition) is 7. The summed E-state index contributed by atoms with van der Waals surface area (Å²) in [6, 6.07) is 9.35. The molecular formula is C19H25N5O4. The van der Waals surface area contributed by atoms with E-state index in [0.717, 1.165) is 37.7 Å². The lowest BCUT2D eigenvalue weighted by Crippen LogP contribution is -2.36. The Morgan fingerprint density at radius 2 is 1.75 bits per heavy atom. The molecule has 0 atom stereocenters. The highest BCUT2D eigenvalue weighted by Gasteiger charge is 2.14. The van der Waals surface area contributed by atoms with Gasteiger partial charge in [0.05, 0.1) is 32.0 Å². The van der Waals surface area contributed by atoms with E-state index < -0.39 is 0 Å². The average molecular weight is 387 g/mol. The fourth-order valence-corrected chi connectivity index (χ4v) is 2.92. The van der Waals surface area contributed by atoms with Crippen LogP contribution in [-0.4, -0.2) is 68.3 Å². The van der Waals surface area contributed by atoms with Gasteiger partial charge in [0, 0.05) is 30.5 Å². The van der Waals surface area contributed by atoms with Gasteiger partial charge in [-0.05, 0) is 38.2 Å². The summed E-state index contributed by atoms with van der Waals surface area (Å²) >= 11 is 0. The molecule has 0 bridgehead atoms. The fraction of sp³-hybridized carbons (Fsp3) is 0.421. The first-order chi connectivity index (χ1) is 13.5. The molecule has 1 aliphatic heterocycles. The second-order valence-corrected chi connectivity index (χ2v) is 6.75. The van der Waals surface area contributed by atoms with Gasteiger partial charge >= 0.3 is 0 Å². The highest BCUT2D eigenvalue weighted by molar-refractivity contribution is 5.94. The van der Waals surface area contributed by atoms with Gasteiger partial charge in [-0.15, -0.1) is 0 Å². The van der Waals surface area contributed by atoms with E-state index in [2.05, 4.69) is 20.7 Å². The highest BCUT2D eigenvalue weighted by Crippen LogP contribution is 2.19. The van der Waals surface area contributed by atoms with Crippen LogP contribution < -0.4 is 15.5 Å². The highest BCUT2D eigenvalue weighted by atomic mass is 16.5. The molecule has 0 saturated carbocycles. The number of amides is 2. The molecule has 2 N–H and O–H groups in total. The Kier molecular flexibility index (Phi) is 6.62. The SMILES string of the molecule is Cc1cc(NC(=O)CN(C)CC(=O)Nc2ccc(N3CCOCC3)cc2)on1. The Balaban J connectivity index is 1.43. The van der Waals surface area contributed by atoms with Crippen molar-refractivity contribution in [1.29, 1.82) is 0 Å². The summed E-state index contributed by atoms with van der Waals surface area (Å²) in [7, 11) is 1.70.